The lowest BCUT2D eigenvalue weighted by atomic mass is 10.2. The maximum atomic E-state index is 13.2. The molecular weight excluding hydrogens is 470 g/mol. The number of ether oxygens (including phenoxy) is 2. The summed E-state index contributed by atoms with van der Waals surface area (Å²) >= 11 is 0. The molecule has 3 rings (SSSR count). The lowest BCUT2D eigenvalue weighted by Crippen LogP contribution is -2.43. The van der Waals surface area contributed by atoms with Gasteiger partial charge < -0.3 is 20.1 Å². The Morgan fingerprint density at radius 2 is 1.92 bits per heavy atom. The number of H-pyrrole nitrogens is 1. The van der Waals surface area contributed by atoms with E-state index in [1.54, 1.807) is 37.3 Å². The summed E-state index contributed by atoms with van der Waals surface area (Å²) in [6, 6.07) is 13.3. The summed E-state index contributed by atoms with van der Waals surface area (Å²) in [5, 5.41) is 11.3. The number of aryl methyl sites for hydroxylation is 1. The average Bonchev–Trinajstić information content (AvgIpc) is 2.84. The highest BCUT2D eigenvalue weighted by atomic mass is 16.6. The number of aromatic nitrogens is 2. The number of aromatic amines is 1. The van der Waals surface area contributed by atoms with Crippen LogP contribution in [0, 0.1) is 17.0 Å². The molecule has 0 aliphatic rings. The molecule has 0 aliphatic heterocycles. The molecule has 0 unspecified atom stereocenters. The highest BCUT2D eigenvalue weighted by Gasteiger charge is 2.25. The van der Waals surface area contributed by atoms with Crippen LogP contribution in [-0.4, -0.2) is 47.2 Å². The molecular formula is C24H27N5O7. The van der Waals surface area contributed by atoms with Crippen LogP contribution in [0.5, 0.6) is 5.75 Å². The van der Waals surface area contributed by atoms with Crippen LogP contribution in [0.3, 0.4) is 0 Å². The van der Waals surface area contributed by atoms with Crippen LogP contribution < -0.4 is 26.6 Å². The second-order valence-corrected chi connectivity index (χ2v) is 7.97. The first kappa shape index (κ1) is 26.2. The summed E-state index contributed by atoms with van der Waals surface area (Å²) in [5.74, 6) is -0.954. The minimum absolute atomic E-state index is 0.0305. The largest absolute Gasteiger partial charge is 0.477 e. The number of amides is 1. The van der Waals surface area contributed by atoms with Crippen molar-refractivity contribution in [1.29, 1.82) is 0 Å². The Balaban J connectivity index is 1.96. The zero-order valence-corrected chi connectivity index (χ0v) is 19.9. The smallest absolute Gasteiger partial charge is 0.330 e. The Labute approximate surface area is 206 Å². The van der Waals surface area contributed by atoms with Crippen LogP contribution in [0.4, 0.5) is 17.2 Å². The van der Waals surface area contributed by atoms with Crippen LogP contribution in [0.25, 0.3) is 0 Å². The fourth-order valence-corrected chi connectivity index (χ4v) is 3.59. The number of nitrogen functional groups attached to an aromatic ring is 1. The molecule has 190 valence electrons. The van der Waals surface area contributed by atoms with Gasteiger partial charge in [-0.05, 0) is 30.5 Å². The van der Waals surface area contributed by atoms with Crippen LogP contribution in [-0.2, 0) is 16.1 Å². The number of rotatable bonds is 11. The number of benzene rings is 2. The number of nitrogens with two attached hydrogens (primary N) is 1. The summed E-state index contributed by atoms with van der Waals surface area (Å²) in [4.78, 5) is 52.6. The molecule has 0 fully saturated rings. The zero-order chi connectivity index (χ0) is 26.2. The fourth-order valence-electron chi connectivity index (χ4n) is 3.59. The van der Waals surface area contributed by atoms with Crippen molar-refractivity contribution in [3.05, 3.63) is 90.6 Å². The van der Waals surface area contributed by atoms with E-state index in [4.69, 9.17) is 15.2 Å². The van der Waals surface area contributed by atoms with Gasteiger partial charge in [-0.25, -0.2) is 4.79 Å². The second-order valence-electron chi connectivity index (χ2n) is 7.97. The van der Waals surface area contributed by atoms with Crippen molar-refractivity contribution in [2.24, 2.45) is 0 Å². The van der Waals surface area contributed by atoms with Gasteiger partial charge in [0.25, 0.3) is 11.5 Å². The molecule has 0 spiro atoms. The number of nitro groups is 1. The summed E-state index contributed by atoms with van der Waals surface area (Å²) in [5.41, 5.74) is 5.65. The number of hydrogen-bond acceptors (Lipinski definition) is 8. The van der Waals surface area contributed by atoms with Crippen molar-refractivity contribution in [2.75, 3.05) is 37.5 Å². The SMILES string of the molecule is COCCCN(C(=O)COc1cc(C)ccc1[N+](=O)[O-])c1c(N)n(Cc2ccccc2)c(=O)[nH]c1=O. The van der Waals surface area contributed by atoms with Gasteiger partial charge in [-0.15, -0.1) is 0 Å². The third kappa shape index (κ3) is 6.16. The molecule has 2 aromatic carbocycles. The van der Waals surface area contributed by atoms with Crippen LogP contribution >= 0.6 is 0 Å². The summed E-state index contributed by atoms with van der Waals surface area (Å²) in [6.45, 7) is 1.51. The Bertz CT molecular complexity index is 1350. The van der Waals surface area contributed by atoms with Crippen molar-refractivity contribution >= 4 is 23.1 Å². The van der Waals surface area contributed by atoms with Crippen LogP contribution in [0.15, 0.2) is 58.1 Å². The molecule has 0 aliphatic carbocycles. The molecule has 12 heteroatoms. The predicted octanol–water partition coefficient (Wildman–Crippen LogP) is 1.83. The van der Waals surface area contributed by atoms with Crippen LogP contribution in [0.2, 0.25) is 0 Å². The molecule has 1 amide bonds. The quantitative estimate of drug-likeness (QED) is 0.230. The van der Waals surface area contributed by atoms with E-state index in [1.807, 2.05) is 6.07 Å². The van der Waals surface area contributed by atoms with Gasteiger partial charge in [0.2, 0.25) is 0 Å². The zero-order valence-electron chi connectivity index (χ0n) is 19.9. The third-order valence-corrected chi connectivity index (χ3v) is 5.36. The topological polar surface area (TPSA) is 163 Å². The number of methoxy groups -OCH3 is 1. The predicted molar refractivity (Wildman–Crippen MR) is 133 cm³/mol. The number of carbonyl (C=O) groups excluding carboxylic acids is 1. The lowest BCUT2D eigenvalue weighted by molar-refractivity contribution is -0.385. The number of nitro benzene ring substituents is 1. The molecule has 3 aromatic rings. The third-order valence-electron chi connectivity index (χ3n) is 5.36. The molecule has 1 heterocycles. The van der Waals surface area contributed by atoms with Crippen LogP contribution in [0.1, 0.15) is 17.5 Å². The highest BCUT2D eigenvalue weighted by molar-refractivity contribution is 5.96. The molecule has 0 atom stereocenters. The lowest BCUT2D eigenvalue weighted by Gasteiger charge is -2.24. The summed E-state index contributed by atoms with van der Waals surface area (Å²) in [6.07, 6.45) is 0.351. The first-order valence-electron chi connectivity index (χ1n) is 11.1. The summed E-state index contributed by atoms with van der Waals surface area (Å²) in [7, 11) is 1.49. The Kier molecular flexibility index (Phi) is 8.57. The maximum absolute atomic E-state index is 13.2. The number of anilines is 2. The first-order valence-corrected chi connectivity index (χ1v) is 11.1. The van der Waals surface area contributed by atoms with E-state index in [2.05, 4.69) is 4.98 Å². The van der Waals surface area contributed by atoms with Gasteiger partial charge in [-0.2, -0.15) is 0 Å². The van der Waals surface area contributed by atoms with Gasteiger partial charge in [0.05, 0.1) is 11.5 Å². The van der Waals surface area contributed by atoms with Gasteiger partial charge in [-0.1, -0.05) is 36.4 Å². The van der Waals surface area contributed by atoms with E-state index in [-0.39, 0.29) is 42.6 Å². The standard InChI is InChI=1S/C24H27N5O7/c1-16-9-10-18(29(33)34)19(13-16)36-15-20(30)27(11-6-12-35-2)21-22(25)28(24(32)26-23(21)31)14-17-7-4-3-5-8-17/h3-5,7-10,13H,6,11-12,14-15,25H2,1-2H3,(H,26,31,32). The molecule has 0 saturated carbocycles. The monoisotopic (exact) mass is 497 g/mol. The van der Waals surface area contributed by atoms with Crippen molar-refractivity contribution in [3.63, 3.8) is 0 Å². The minimum Gasteiger partial charge on any atom is -0.477 e. The van der Waals surface area contributed by atoms with Gasteiger partial charge in [-0.3, -0.25) is 29.3 Å². The molecule has 0 saturated heterocycles. The highest BCUT2D eigenvalue weighted by Crippen LogP contribution is 2.28. The van der Waals surface area contributed by atoms with E-state index < -0.39 is 28.7 Å². The van der Waals surface area contributed by atoms with Gasteiger partial charge in [0.1, 0.15) is 5.82 Å². The Morgan fingerprint density at radius 3 is 2.58 bits per heavy atom. The van der Waals surface area contributed by atoms with E-state index in [0.29, 0.717) is 12.0 Å². The van der Waals surface area contributed by atoms with Crippen molar-refractivity contribution < 1.29 is 19.2 Å². The van der Waals surface area contributed by atoms with Gasteiger partial charge in [0, 0.05) is 26.3 Å². The van der Waals surface area contributed by atoms with Crippen molar-refractivity contribution in [3.8, 4) is 5.75 Å². The van der Waals surface area contributed by atoms with Gasteiger partial charge >= 0.3 is 11.4 Å². The maximum Gasteiger partial charge on any atom is 0.330 e. The number of nitrogens with one attached hydrogen (secondary N) is 1. The fraction of sp³-hybridized carbons (Fsp3) is 0.292. The minimum atomic E-state index is -0.839. The van der Waals surface area contributed by atoms with E-state index in [1.165, 1.54) is 19.2 Å². The number of carbonyl (C=O) groups is 1. The normalized spacial score (nSPS) is 10.7. The molecule has 36 heavy (non-hydrogen) atoms. The molecule has 0 radical (unpaired) electrons. The molecule has 1 aromatic heterocycles. The average molecular weight is 498 g/mol. The second kappa shape index (κ2) is 11.8. The van der Waals surface area contributed by atoms with Crippen molar-refractivity contribution in [1.82, 2.24) is 9.55 Å². The first-order chi connectivity index (χ1) is 17.2. The van der Waals surface area contributed by atoms with E-state index >= 15 is 0 Å². The molecule has 12 nitrogen and oxygen atoms in total. The molecule has 3 N–H and O–H groups in total. The van der Waals surface area contributed by atoms with E-state index in [9.17, 15) is 24.5 Å². The Hall–Kier alpha value is -4.45. The molecule has 0 bridgehead atoms. The van der Waals surface area contributed by atoms with Gasteiger partial charge in [0.15, 0.2) is 18.0 Å². The number of nitrogens with zero attached hydrogens (tertiary/aromatic N) is 3. The summed E-state index contributed by atoms with van der Waals surface area (Å²) < 4.78 is 11.7. The number of hydrogen-bond donors (Lipinski definition) is 2. The van der Waals surface area contributed by atoms with Crippen molar-refractivity contribution in [2.45, 2.75) is 19.9 Å². The van der Waals surface area contributed by atoms with E-state index in [0.717, 1.165) is 15.0 Å². The Morgan fingerprint density at radius 1 is 1.19 bits per heavy atom.